The summed E-state index contributed by atoms with van der Waals surface area (Å²) >= 11 is 0. The first-order chi connectivity index (χ1) is 11.8. The van der Waals surface area contributed by atoms with Crippen LogP contribution in [0.4, 0.5) is 5.69 Å². The number of benzene rings is 1. The highest BCUT2D eigenvalue weighted by molar-refractivity contribution is 5.95. The van der Waals surface area contributed by atoms with Crippen molar-refractivity contribution in [2.24, 2.45) is 0 Å². The lowest BCUT2D eigenvalue weighted by atomic mass is 10.1. The number of aryl methyl sites for hydroxylation is 2. The van der Waals surface area contributed by atoms with Crippen molar-refractivity contribution in [2.75, 3.05) is 38.5 Å². The predicted molar refractivity (Wildman–Crippen MR) is 97.8 cm³/mol. The Labute approximate surface area is 150 Å². The van der Waals surface area contributed by atoms with Crippen LogP contribution in [-0.2, 0) is 14.3 Å². The van der Waals surface area contributed by atoms with Gasteiger partial charge in [0, 0.05) is 12.7 Å². The Bertz CT molecular complexity index is 602. The van der Waals surface area contributed by atoms with Gasteiger partial charge in [0.2, 0.25) is 5.91 Å². The molecule has 1 unspecified atom stereocenters. The van der Waals surface area contributed by atoms with Gasteiger partial charge in [-0.15, -0.1) is 0 Å². The fourth-order valence-electron chi connectivity index (χ4n) is 3.38. The van der Waals surface area contributed by atoms with Gasteiger partial charge in [-0.1, -0.05) is 18.2 Å². The molecule has 138 valence electrons. The fourth-order valence-corrected chi connectivity index (χ4v) is 3.38. The van der Waals surface area contributed by atoms with E-state index in [1.165, 1.54) is 9.80 Å². The molecule has 1 aliphatic rings. The van der Waals surface area contributed by atoms with E-state index in [1.807, 2.05) is 45.9 Å². The van der Waals surface area contributed by atoms with Gasteiger partial charge in [0.1, 0.15) is 25.3 Å². The lowest BCUT2D eigenvalue weighted by Crippen LogP contribution is -3.16. The molecule has 0 radical (unpaired) electrons. The van der Waals surface area contributed by atoms with E-state index in [1.54, 1.807) is 7.05 Å². The van der Waals surface area contributed by atoms with Gasteiger partial charge < -0.3 is 19.9 Å². The minimum Gasteiger partial charge on any atom is -0.364 e. The third-order valence-corrected chi connectivity index (χ3v) is 4.57. The van der Waals surface area contributed by atoms with Crippen LogP contribution in [0.5, 0.6) is 0 Å². The highest BCUT2D eigenvalue weighted by atomic mass is 16.5. The van der Waals surface area contributed by atoms with Crippen molar-refractivity contribution < 1.29 is 19.2 Å². The Morgan fingerprint density at radius 1 is 1.20 bits per heavy atom. The van der Waals surface area contributed by atoms with E-state index < -0.39 is 0 Å². The van der Waals surface area contributed by atoms with Gasteiger partial charge in [-0.05, 0) is 38.8 Å². The summed E-state index contributed by atoms with van der Waals surface area (Å²) in [5.41, 5.74) is 2.86. The van der Waals surface area contributed by atoms with Crippen LogP contribution in [0.2, 0.25) is 0 Å². The zero-order valence-corrected chi connectivity index (χ0v) is 15.9. The topological polar surface area (TPSA) is 63.1 Å². The van der Waals surface area contributed by atoms with Crippen LogP contribution in [0, 0.1) is 13.8 Å². The number of hydrogen-bond donors (Lipinski definition) is 2. The molecule has 3 atom stereocenters. The molecule has 0 aromatic heterocycles. The first-order valence-corrected chi connectivity index (χ1v) is 8.85. The monoisotopic (exact) mass is 348 g/mol. The predicted octanol–water partition coefficient (Wildman–Crippen LogP) is 0.392. The van der Waals surface area contributed by atoms with Gasteiger partial charge in [-0.3, -0.25) is 9.59 Å². The van der Waals surface area contributed by atoms with E-state index in [0.717, 1.165) is 29.9 Å². The van der Waals surface area contributed by atoms with Gasteiger partial charge in [0.05, 0.1) is 6.54 Å². The van der Waals surface area contributed by atoms with Crippen LogP contribution < -0.4 is 10.2 Å². The average molecular weight is 348 g/mol. The van der Waals surface area contributed by atoms with Crippen LogP contribution in [-0.4, -0.2) is 62.1 Å². The summed E-state index contributed by atoms with van der Waals surface area (Å²) in [5.74, 6) is -0.195. The van der Waals surface area contributed by atoms with E-state index in [-0.39, 0.29) is 30.6 Å². The summed E-state index contributed by atoms with van der Waals surface area (Å²) in [5, 5.41) is 2.92. The van der Waals surface area contributed by atoms with E-state index >= 15 is 0 Å². The molecule has 0 spiro atoms. The minimum absolute atomic E-state index is 0.0204. The number of quaternary nitrogens is 1. The van der Waals surface area contributed by atoms with Crippen molar-refractivity contribution >= 4 is 17.5 Å². The average Bonchev–Trinajstić information content (AvgIpc) is 2.50. The third-order valence-electron chi connectivity index (χ3n) is 4.57. The number of carbonyl (C=O) groups is 2. The quantitative estimate of drug-likeness (QED) is 0.809. The number of nitrogens with zero attached hydrogens (tertiary/aromatic N) is 1. The zero-order chi connectivity index (χ0) is 18.6. The Kier molecular flexibility index (Phi) is 6.56. The summed E-state index contributed by atoms with van der Waals surface area (Å²) in [6, 6.07) is 5.88. The number of carbonyl (C=O) groups excluding carboxylic acids is 2. The van der Waals surface area contributed by atoms with E-state index in [9.17, 15) is 9.59 Å². The fraction of sp³-hybridized carbons (Fsp3) is 0.579. The van der Waals surface area contributed by atoms with E-state index in [2.05, 4.69) is 5.32 Å². The van der Waals surface area contributed by atoms with Crippen molar-refractivity contribution in [3.8, 4) is 0 Å². The van der Waals surface area contributed by atoms with Crippen molar-refractivity contribution in [3.05, 3.63) is 29.3 Å². The summed E-state index contributed by atoms with van der Waals surface area (Å²) in [7, 11) is 1.68. The normalized spacial score (nSPS) is 23.2. The third kappa shape index (κ3) is 5.54. The van der Waals surface area contributed by atoms with Crippen molar-refractivity contribution in [2.45, 2.75) is 39.9 Å². The Morgan fingerprint density at radius 2 is 1.76 bits per heavy atom. The molecular weight excluding hydrogens is 318 g/mol. The van der Waals surface area contributed by atoms with Gasteiger partial charge in [-0.2, -0.15) is 0 Å². The number of morpholine rings is 1. The molecule has 0 saturated carbocycles. The smallest absolute Gasteiger partial charge is 0.277 e. The highest BCUT2D eigenvalue weighted by Crippen LogP contribution is 2.19. The summed E-state index contributed by atoms with van der Waals surface area (Å²) < 4.78 is 5.70. The molecule has 1 fully saturated rings. The maximum atomic E-state index is 12.4. The van der Waals surface area contributed by atoms with Gasteiger partial charge in [0.15, 0.2) is 6.54 Å². The lowest BCUT2D eigenvalue weighted by Gasteiger charge is -2.32. The number of anilines is 1. The molecule has 0 aliphatic carbocycles. The number of ether oxygens (including phenoxy) is 1. The first-order valence-electron chi connectivity index (χ1n) is 8.85. The Morgan fingerprint density at radius 3 is 2.32 bits per heavy atom. The molecule has 6 nitrogen and oxygen atoms in total. The Hall–Kier alpha value is -1.92. The molecule has 2 amide bonds. The maximum Gasteiger partial charge on any atom is 0.277 e. The van der Waals surface area contributed by atoms with Crippen LogP contribution in [0.3, 0.4) is 0 Å². The second kappa shape index (κ2) is 8.45. The van der Waals surface area contributed by atoms with Crippen LogP contribution in [0.25, 0.3) is 0 Å². The second-order valence-electron chi connectivity index (χ2n) is 7.16. The van der Waals surface area contributed by atoms with Crippen molar-refractivity contribution in [3.63, 3.8) is 0 Å². The number of amides is 2. The van der Waals surface area contributed by atoms with Gasteiger partial charge in [0.25, 0.3) is 5.91 Å². The molecule has 1 aliphatic heterocycles. The number of rotatable bonds is 5. The summed E-state index contributed by atoms with van der Waals surface area (Å²) in [6.07, 6.45) is 0.313. The number of nitrogens with one attached hydrogen (secondary N) is 2. The maximum absolute atomic E-state index is 12.4. The highest BCUT2D eigenvalue weighted by Gasteiger charge is 2.28. The number of hydrogen-bond acceptors (Lipinski definition) is 3. The number of para-hydroxylation sites is 1. The number of likely N-dealkylation sites (N-methyl/N-ethyl adjacent to an activating group) is 1. The molecule has 25 heavy (non-hydrogen) atoms. The Balaban J connectivity index is 1.87. The van der Waals surface area contributed by atoms with E-state index in [4.69, 9.17) is 4.74 Å². The molecule has 1 aromatic rings. The zero-order valence-electron chi connectivity index (χ0n) is 15.9. The lowest BCUT2D eigenvalue weighted by molar-refractivity contribution is -0.907. The SMILES string of the molecule is Cc1cccc(C)c1NC(=O)CN(C)C(=O)C[NH+]1C[C@@H](C)O[C@@H](C)C1. The molecule has 1 heterocycles. The first kappa shape index (κ1) is 19.4. The van der Waals surface area contributed by atoms with Crippen molar-refractivity contribution in [1.29, 1.82) is 0 Å². The molecule has 1 aromatic carbocycles. The van der Waals surface area contributed by atoms with Gasteiger partial charge in [-0.25, -0.2) is 0 Å². The van der Waals surface area contributed by atoms with Gasteiger partial charge >= 0.3 is 0 Å². The van der Waals surface area contributed by atoms with Crippen LogP contribution >= 0.6 is 0 Å². The largest absolute Gasteiger partial charge is 0.364 e. The molecule has 2 N–H and O–H groups in total. The summed E-state index contributed by atoms with van der Waals surface area (Å²) in [4.78, 5) is 27.4. The van der Waals surface area contributed by atoms with Crippen LogP contribution in [0.15, 0.2) is 18.2 Å². The van der Waals surface area contributed by atoms with Crippen LogP contribution in [0.1, 0.15) is 25.0 Å². The molecule has 1 saturated heterocycles. The molecule has 0 bridgehead atoms. The molecular formula is C19H30N3O3+. The minimum atomic E-state index is -0.174. The molecule has 2 rings (SSSR count). The summed E-state index contributed by atoms with van der Waals surface area (Å²) in [6.45, 7) is 10.1. The van der Waals surface area contributed by atoms with E-state index in [0.29, 0.717) is 6.54 Å². The van der Waals surface area contributed by atoms with Crippen molar-refractivity contribution in [1.82, 2.24) is 4.90 Å². The molecule has 6 heteroatoms. The standard InChI is InChI=1S/C19H29N3O3/c1-13-7-6-8-14(2)19(13)20-17(23)11-21(5)18(24)12-22-9-15(3)25-16(4)10-22/h6-8,15-16H,9-12H2,1-5H3,(H,20,23)/p+1/t15-,16+. The second-order valence-corrected chi connectivity index (χ2v) is 7.16.